The molecule has 1 heterocycles. The van der Waals surface area contributed by atoms with Crippen LogP contribution in [0.1, 0.15) is 22.3 Å². The van der Waals surface area contributed by atoms with Crippen LogP contribution in [0.2, 0.25) is 0 Å². The fraction of sp³-hybridized carbons (Fsp3) is 0.121. The van der Waals surface area contributed by atoms with E-state index in [1.54, 1.807) is 0 Å². The Kier molecular flexibility index (Phi) is 7.48. The number of esters is 2. The maximum atomic E-state index is 14.1. The number of carbonyl (C=O) groups is 2. The van der Waals surface area contributed by atoms with Gasteiger partial charge in [-0.3, -0.25) is 10.1 Å². The zero-order chi connectivity index (χ0) is 29.3. The molecule has 0 amide bonds. The Balaban J connectivity index is 2.01. The molecule has 4 aromatic rings. The number of rotatable bonds is 6. The van der Waals surface area contributed by atoms with Gasteiger partial charge in [-0.05, 0) is 55.7 Å². The van der Waals surface area contributed by atoms with Crippen molar-refractivity contribution >= 4 is 51.5 Å². The minimum absolute atomic E-state index is 0.0152. The van der Waals surface area contributed by atoms with Crippen molar-refractivity contribution in [2.75, 3.05) is 7.11 Å². The Morgan fingerprint density at radius 2 is 1.15 bits per heavy atom. The minimum Gasteiger partial charge on any atom is -0.465 e. The molecule has 8 heteroatoms. The third-order valence-corrected chi connectivity index (χ3v) is 11.5. The lowest BCUT2D eigenvalue weighted by atomic mass is 10.1. The highest BCUT2D eigenvalue weighted by Crippen LogP contribution is 2.51. The molecule has 0 atom stereocenters. The van der Waals surface area contributed by atoms with Gasteiger partial charge in [-0.15, -0.1) is 0 Å². The second kappa shape index (κ2) is 11.0. The van der Waals surface area contributed by atoms with Gasteiger partial charge in [0.2, 0.25) is 0 Å². The van der Waals surface area contributed by atoms with Gasteiger partial charge in [-0.1, -0.05) is 89.5 Å². The second-order valence-electron chi connectivity index (χ2n) is 9.92. The molecule has 5 rings (SSSR count). The first-order valence-corrected chi connectivity index (χ1v) is 14.7. The zero-order valence-corrected chi connectivity index (χ0v) is 24.0. The van der Waals surface area contributed by atoms with Crippen molar-refractivity contribution in [1.82, 2.24) is 0 Å². The highest BCUT2D eigenvalue weighted by atomic mass is 31.2. The van der Waals surface area contributed by atoms with E-state index < -0.39 is 23.7 Å². The summed E-state index contributed by atoms with van der Waals surface area (Å²) in [6.45, 7) is 2.93. The summed E-state index contributed by atoms with van der Waals surface area (Å²) in [7, 11) is 1.26. The summed E-state index contributed by atoms with van der Waals surface area (Å²) < 4.78 is 11.1. The van der Waals surface area contributed by atoms with Crippen molar-refractivity contribution in [3.8, 4) is 0 Å². The summed E-state index contributed by atoms with van der Waals surface area (Å²) >= 11 is 0. The van der Waals surface area contributed by atoms with E-state index in [4.69, 9.17) is 9.47 Å². The molecule has 0 radical (unpaired) electrons. The number of cyclic esters (lactones) is 1. The third-order valence-electron chi connectivity index (χ3n) is 7.18. The molecule has 0 saturated heterocycles. The van der Waals surface area contributed by atoms with Crippen molar-refractivity contribution < 1.29 is 24.0 Å². The molecular weight excluding hydrogens is 537 g/mol. The summed E-state index contributed by atoms with van der Waals surface area (Å²) in [6, 6.07) is 29.5. The maximum Gasteiger partial charge on any atom is 0.345 e. The lowest BCUT2D eigenvalue weighted by molar-refractivity contribution is -0.384. The standard InChI is InChI=1S/C33H28NO6P/c1-21-5-15-26(16-6-21)41(27-17-7-22(2)8-18-27,28-19-9-23(3)10-20-28)31-29(32(35)39-4)30(40-33(31)36)24-11-13-25(14-12-24)34(37)38/h5-20H,1-4H3. The lowest BCUT2D eigenvalue weighted by Crippen LogP contribution is -2.34. The van der Waals surface area contributed by atoms with Crippen LogP contribution in [0, 0.1) is 30.9 Å². The summed E-state index contributed by atoms with van der Waals surface area (Å²) in [6.07, 6.45) is 0. The van der Waals surface area contributed by atoms with E-state index in [1.165, 1.54) is 31.4 Å². The van der Waals surface area contributed by atoms with Gasteiger partial charge < -0.3 is 9.47 Å². The first kappa shape index (κ1) is 27.8. The van der Waals surface area contributed by atoms with Crippen LogP contribution < -0.4 is 15.9 Å². The van der Waals surface area contributed by atoms with E-state index in [9.17, 15) is 19.7 Å². The third kappa shape index (κ3) is 4.90. The zero-order valence-electron chi connectivity index (χ0n) is 23.1. The van der Waals surface area contributed by atoms with Gasteiger partial charge in [0.15, 0.2) is 5.76 Å². The van der Waals surface area contributed by atoms with E-state index in [-0.39, 0.29) is 22.3 Å². The van der Waals surface area contributed by atoms with E-state index in [0.29, 0.717) is 5.56 Å². The monoisotopic (exact) mass is 565 g/mol. The molecule has 0 N–H and O–H groups in total. The normalized spacial score (nSPS) is 13.3. The van der Waals surface area contributed by atoms with Gasteiger partial charge in [0.05, 0.1) is 17.3 Å². The SMILES string of the molecule is COC(=O)C1=C(c2ccc([N+](=O)[O-])cc2)OC(=O)C1=P(c1ccc(C)cc1)(c1ccc(C)cc1)c1ccc(C)cc1. The van der Waals surface area contributed by atoms with Gasteiger partial charge in [0.1, 0.15) is 5.57 Å². The average molecular weight is 566 g/mol. The van der Waals surface area contributed by atoms with Crippen molar-refractivity contribution in [2.45, 2.75) is 20.8 Å². The average Bonchev–Trinajstić information content (AvgIpc) is 3.32. The number of benzene rings is 4. The summed E-state index contributed by atoms with van der Waals surface area (Å²) in [5.74, 6) is -1.37. The molecule has 0 fully saturated rings. The number of ether oxygens (including phenoxy) is 2. The van der Waals surface area contributed by atoms with Gasteiger partial charge in [0.25, 0.3) is 5.69 Å². The molecule has 0 unspecified atom stereocenters. The molecule has 0 bridgehead atoms. The van der Waals surface area contributed by atoms with Crippen LogP contribution in [0.4, 0.5) is 5.69 Å². The Bertz CT molecular complexity index is 1630. The summed E-state index contributed by atoms with van der Waals surface area (Å²) in [4.78, 5) is 38.5. The van der Waals surface area contributed by atoms with Crippen LogP contribution in [-0.4, -0.2) is 29.3 Å². The molecule has 0 spiro atoms. The molecule has 4 aromatic carbocycles. The van der Waals surface area contributed by atoms with Crippen molar-refractivity contribution in [2.24, 2.45) is 0 Å². The first-order valence-electron chi connectivity index (χ1n) is 12.9. The molecule has 0 aromatic heterocycles. The Morgan fingerprint density at radius 3 is 1.51 bits per heavy atom. The van der Waals surface area contributed by atoms with E-state index >= 15 is 0 Å². The van der Waals surface area contributed by atoms with Crippen LogP contribution in [0.25, 0.3) is 5.76 Å². The number of nitro benzene ring substituents is 1. The number of nitrogens with zero attached hydrogens (tertiary/aromatic N) is 1. The highest BCUT2D eigenvalue weighted by Gasteiger charge is 2.44. The molecule has 0 aliphatic carbocycles. The van der Waals surface area contributed by atoms with Gasteiger partial charge in [-0.25, -0.2) is 9.59 Å². The number of carbonyl (C=O) groups excluding carboxylic acids is 2. The van der Waals surface area contributed by atoms with Crippen molar-refractivity contribution in [3.63, 3.8) is 0 Å². The molecule has 1 aliphatic rings. The fourth-order valence-corrected chi connectivity index (χ4v) is 9.38. The lowest BCUT2D eigenvalue weighted by Gasteiger charge is -2.31. The Morgan fingerprint density at radius 1 is 0.732 bits per heavy atom. The van der Waals surface area contributed by atoms with E-state index in [2.05, 4.69) is 0 Å². The summed E-state index contributed by atoms with van der Waals surface area (Å²) in [5, 5.41) is 14.1. The predicted molar refractivity (Wildman–Crippen MR) is 162 cm³/mol. The smallest absolute Gasteiger partial charge is 0.345 e. The Hall–Kier alpha value is -4.74. The number of hydrogen-bond acceptors (Lipinski definition) is 6. The number of non-ortho nitro benzene ring substituents is 1. The first-order chi connectivity index (χ1) is 19.7. The van der Waals surface area contributed by atoms with Gasteiger partial charge in [0, 0.05) is 17.7 Å². The second-order valence-corrected chi connectivity index (χ2v) is 13.3. The van der Waals surface area contributed by atoms with E-state index in [1.807, 2.05) is 93.6 Å². The topological polar surface area (TPSA) is 95.7 Å². The van der Waals surface area contributed by atoms with E-state index in [0.717, 1.165) is 32.6 Å². The van der Waals surface area contributed by atoms with Crippen molar-refractivity contribution in [3.05, 3.63) is 135 Å². The molecule has 7 nitrogen and oxygen atoms in total. The molecule has 1 aliphatic heterocycles. The highest BCUT2D eigenvalue weighted by molar-refractivity contribution is 7.97. The quantitative estimate of drug-likeness (QED) is 0.139. The predicted octanol–water partition coefficient (Wildman–Crippen LogP) is 5.13. The Labute approximate surface area is 238 Å². The van der Waals surface area contributed by atoms with Crippen LogP contribution in [0.5, 0.6) is 0 Å². The van der Waals surface area contributed by atoms with Gasteiger partial charge >= 0.3 is 11.9 Å². The summed E-state index contributed by atoms with van der Waals surface area (Å²) in [5.41, 5.74) is 3.40. The largest absolute Gasteiger partial charge is 0.465 e. The number of methoxy groups -OCH3 is 1. The molecular formula is C33H28NO6P. The number of hydrogen-bond donors (Lipinski definition) is 0. The fourth-order valence-electron chi connectivity index (χ4n) is 5.08. The molecule has 41 heavy (non-hydrogen) atoms. The number of nitro groups is 1. The van der Waals surface area contributed by atoms with Gasteiger partial charge in [-0.2, -0.15) is 0 Å². The number of aryl methyl sites for hydroxylation is 3. The van der Waals surface area contributed by atoms with Crippen LogP contribution in [0.15, 0.2) is 103 Å². The van der Waals surface area contributed by atoms with Crippen molar-refractivity contribution in [1.29, 1.82) is 0 Å². The van der Waals surface area contributed by atoms with Crippen LogP contribution >= 0.6 is 6.89 Å². The van der Waals surface area contributed by atoms with Crippen LogP contribution in [0.3, 0.4) is 0 Å². The maximum absolute atomic E-state index is 14.1. The minimum atomic E-state index is -3.05. The molecule has 206 valence electrons. The molecule has 0 saturated carbocycles. The van der Waals surface area contributed by atoms with Crippen LogP contribution in [-0.2, 0) is 19.1 Å².